The van der Waals surface area contributed by atoms with E-state index in [2.05, 4.69) is 62.4 Å². The largest absolute Gasteiger partial charge is 0.281 e. The predicted molar refractivity (Wildman–Crippen MR) is 84.3 cm³/mol. The normalized spacial score (nSPS) is 10.8. The summed E-state index contributed by atoms with van der Waals surface area (Å²) in [6.45, 7) is 4.15. The molecule has 20 heavy (non-hydrogen) atoms. The molecule has 0 aromatic heterocycles. The first-order valence-electron chi connectivity index (χ1n) is 6.87. The lowest BCUT2D eigenvalue weighted by molar-refractivity contribution is -0.111. The van der Waals surface area contributed by atoms with E-state index in [0.717, 1.165) is 6.42 Å². The van der Waals surface area contributed by atoms with Crippen molar-refractivity contribution in [2.75, 3.05) is 0 Å². The summed E-state index contributed by atoms with van der Waals surface area (Å²) < 4.78 is 0. The van der Waals surface area contributed by atoms with Crippen molar-refractivity contribution in [2.24, 2.45) is 0 Å². The molecule has 0 heterocycles. The van der Waals surface area contributed by atoms with E-state index in [-0.39, 0.29) is 11.2 Å². The SMILES string of the molecule is Cc1ccc(C(CCC(=O)Cl)c2ccc(C)cc2)cc1. The average molecular weight is 287 g/mol. The zero-order chi connectivity index (χ0) is 14.5. The Morgan fingerprint density at radius 2 is 1.30 bits per heavy atom. The molecule has 0 N–H and O–H groups in total. The summed E-state index contributed by atoms with van der Waals surface area (Å²) in [4.78, 5) is 11.1. The van der Waals surface area contributed by atoms with Gasteiger partial charge in [-0.1, -0.05) is 59.7 Å². The second kappa shape index (κ2) is 6.71. The standard InChI is InChI=1S/C18H19ClO/c1-13-3-7-15(8-4-13)17(11-12-18(19)20)16-9-5-14(2)6-10-16/h3-10,17H,11-12H2,1-2H3. The first-order chi connectivity index (χ1) is 9.56. The maximum atomic E-state index is 11.1. The highest BCUT2D eigenvalue weighted by Crippen LogP contribution is 2.30. The molecule has 1 nitrogen and oxygen atoms in total. The molecule has 0 saturated carbocycles. The van der Waals surface area contributed by atoms with Crippen LogP contribution in [0.25, 0.3) is 0 Å². The van der Waals surface area contributed by atoms with Crippen molar-refractivity contribution in [2.45, 2.75) is 32.6 Å². The number of benzene rings is 2. The summed E-state index contributed by atoms with van der Waals surface area (Å²) >= 11 is 5.51. The Hall–Kier alpha value is -1.60. The van der Waals surface area contributed by atoms with Crippen LogP contribution in [-0.2, 0) is 4.79 Å². The second-order valence-corrected chi connectivity index (χ2v) is 5.69. The van der Waals surface area contributed by atoms with Gasteiger partial charge in [0.25, 0.3) is 0 Å². The Morgan fingerprint density at radius 3 is 1.65 bits per heavy atom. The van der Waals surface area contributed by atoms with Crippen LogP contribution < -0.4 is 0 Å². The summed E-state index contributed by atoms with van der Waals surface area (Å²) in [5.74, 6) is 0.221. The number of hydrogen-bond donors (Lipinski definition) is 0. The van der Waals surface area contributed by atoms with Gasteiger partial charge in [0.15, 0.2) is 0 Å². The highest BCUT2D eigenvalue weighted by molar-refractivity contribution is 6.63. The van der Waals surface area contributed by atoms with Gasteiger partial charge in [-0.15, -0.1) is 0 Å². The molecule has 0 amide bonds. The zero-order valence-corrected chi connectivity index (χ0v) is 12.7. The van der Waals surface area contributed by atoms with Gasteiger partial charge in [-0.25, -0.2) is 0 Å². The van der Waals surface area contributed by atoms with E-state index in [1.807, 2.05) is 0 Å². The van der Waals surface area contributed by atoms with Crippen molar-refractivity contribution >= 4 is 16.8 Å². The molecular weight excluding hydrogens is 268 g/mol. The number of halogens is 1. The van der Waals surface area contributed by atoms with E-state index in [9.17, 15) is 4.79 Å². The third-order valence-corrected chi connectivity index (χ3v) is 3.78. The van der Waals surface area contributed by atoms with Gasteiger partial charge < -0.3 is 0 Å². The first kappa shape index (κ1) is 14.8. The predicted octanol–water partition coefficient (Wildman–Crippen LogP) is 4.98. The molecule has 0 saturated heterocycles. The van der Waals surface area contributed by atoms with E-state index in [4.69, 9.17) is 11.6 Å². The van der Waals surface area contributed by atoms with Gasteiger partial charge in [0.1, 0.15) is 0 Å². The fraction of sp³-hybridized carbons (Fsp3) is 0.278. The van der Waals surface area contributed by atoms with Crippen LogP contribution in [-0.4, -0.2) is 5.24 Å². The quantitative estimate of drug-likeness (QED) is 0.708. The summed E-state index contributed by atoms with van der Waals surface area (Å²) in [5, 5.41) is -0.269. The second-order valence-electron chi connectivity index (χ2n) is 5.27. The molecule has 0 aliphatic heterocycles. The van der Waals surface area contributed by atoms with E-state index < -0.39 is 0 Å². The minimum Gasteiger partial charge on any atom is -0.281 e. The van der Waals surface area contributed by atoms with E-state index >= 15 is 0 Å². The summed E-state index contributed by atoms with van der Waals surface area (Å²) in [6.07, 6.45) is 1.14. The number of carbonyl (C=O) groups excluding carboxylic acids is 1. The first-order valence-corrected chi connectivity index (χ1v) is 7.25. The highest BCUT2D eigenvalue weighted by atomic mass is 35.5. The molecule has 0 atom stereocenters. The van der Waals surface area contributed by atoms with Crippen LogP contribution in [0.3, 0.4) is 0 Å². The molecule has 0 bridgehead atoms. The maximum Gasteiger partial charge on any atom is 0.221 e. The van der Waals surface area contributed by atoms with Crippen LogP contribution in [0.2, 0.25) is 0 Å². The number of carbonyl (C=O) groups is 1. The van der Waals surface area contributed by atoms with Gasteiger partial charge in [0.05, 0.1) is 0 Å². The van der Waals surface area contributed by atoms with Crippen molar-refractivity contribution in [3.8, 4) is 0 Å². The number of hydrogen-bond acceptors (Lipinski definition) is 1. The van der Waals surface area contributed by atoms with Crippen LogP contribution in [0, 0.1) is 13.8 Å². The van der Waals surface area contributed by atoms with E-state index in [1.54, 1.807) is 0 Å². The maximum absolute atomic E-state index is 11.1. The van der Waals surface area contributed by atoms with Crippen LogP contribution >= 0.6 is 11.6 Å². The minimum atomic E-state index is -0.269. The molecule has 0 aliphatic carbocycles. The van der Waals surface area contributed by atoms with Crippen molar-refractivity contribution in [3.63, 3.8) is 0 Å². The Kier molecular flexibility index (Phi) is 4.97. The van der Waals surface area contributed by atoms with E-state index in [0.29, 0.717) is 6.42 Å². The summed E-state index contributed by atoms with van der Waals surface area (Å²) in [5.41, 5.74) is 4.95. The van der Waals surface area contributed by atoms with Crippen LogP contribution in [0.1, 0.15) is 41.0 Å². The van der Waals surface area contributed by atoms with E-state index in [1.165, 1.54) is 22.3 Å². The minimum absolute atomic E-state index is 0.221. The van der Waals surface area contributed by atoms with Gasteiger partial charge >= 0.3 is 0 Å². The molecule has 2 rings (SSSR count). The fourth-order valence-electron chi connectivity index (χ4n) is 2.38. The summed E-state index contributed by atoms with van der Waals surface area (Å²) in [6, 6.07) is 17.0. The molecule has 2 aromatic carbocycles. The molecule has 0 aliphatic rings. The Balaban J connectivity index is 2.30. The summed E-state index contributed by atoms with van der Waals surface area (Å²) in [7, 11) is 0. The van der Waals surface area contributed by atoms with Crippen LogP contribution in [0.4, 0.5) is 0 Å². The highest BCUT2D eigenvalue weighted by Gasteiger charge is 2.15. The zero-order valence-electron chi connectivity index (χ0n) is 11.9. The molecular formula is C18H19ClO. The molecule has 0 spiro atoms. The van der Waals surface area contributed by atoms with Crippen LogP contribution in [0.15, 0.2) is 48.5 Å². The van der Waals surface area contributed by atoms with Crippen molar-refractivity contribution in [1.29, 1.82) is 0 Å². The lowest BCUT2D eigenvalue weighted by Gasteiger charge is -2.18. The van der Waals surface area contributed by atoms with Gasteiger partial charge in [0, 0.05) is 12.3 Å². The van der Waals surface area contributed by atoms with Gasteiger partial charge in [-0.05, 0) is 43.0 Å². The lowest BCUT2D eigenvalue weighted by Crippen LogP contribution is -2.03. The molecule has 104 valence electrons. The average Bonchev–Trinajstić information content (AvgIpc) is 2.42. The molecule has 0 fully saturated rings. The van der Waals surface area contributed by atoms with Crippen molar-refractivity contribution in [3.05, 3.63) is 70.8 Å². The number of aryl methyl sites for hydroxylation is 2. The fourth-order valence-corrected chi connectivity index (χ4v) is 2.49. The molecule has 0 radical (unpaired) electrons. The smallest absolute Gasteiger partial charge is 0.221 e. The molecule has 0 unspecified atom stereocenters. The topological polar surface area (TPSA) is 17.1 Å². The third kappa shape index (κ3) is 3.94. The number of rotatable bonds is 5. The van der Waals surface area contributed by atoms with Crippen LogP contribution in [0.5, 0.6) is 0 Å². The van der Waals surface area contributed by atoms with Gasteiger partial charge in [0.2, 0.25) is 5.24 Å². The monoisotopic (exact) mass is 286 g/mol. The molecule has 2 heteroatoms. The lowest BCUT2D eigenvalue weighted by atomic mass is 9.87. The van der Waals surface area contributed by atoms with Gasteiger partial charge in [-0.2, -0.15) is 0 Å². The van der Waals surface area contributed by atoms with Crippen molar-refractivity contribution in [1.82, 2.24) is 0 Å². The van der Waals surface area contributed by atoms with Gasteiger partial charge in [-0.3, -0.25) is 4.79 Å². The van der Waals surface area contributed by atoms with Crippen molar-refractivity contribution < 1.29 is 4.79 Å². The Labute approximate surface area is 125 Å². The third-order valence-electron chi connectivity index (χ3n) is 3.59. The molecule has 2 aromatic rings. The Morgan fingerprint density at radius 1 is 0.900 bits per heavy atom. The Bertz CT molecular complexity index is 524.